The largest absolute Gasteiger partial charge is 0.354 e. The molecule has 10 rings (SSSR count). The van der Waals surface area contributed by atoms with Gasteiger partial charge < -0.3 is 5.32 Å². The maximum absolute atomic E-state index is 3.96. The van der Waals surface area contributed by atoms with Crippen LogP contribution in [-0.4, -0.2) is 0 Å². The van der Waals surface area contributed by atoms with Gasteiger partial charge in [-0.25, -0.2) is 0 Å². The summed E-state index contributed by atoms with van der Waals surface area (Å²) in [7, 11) is 0. The fourth-order valence-electron chi connectivity index (χ4n) is 8.06. The molecule has 0 saturated carbocycles. The van der Waals surface area contributed by atoms with Crippen molar-refractivity contribution in [1.82, 2.24) is 0 Å². The predicted molar refractivity (Wildman–Crippen MR) is 183 cm³/mol. The van der Waals surface area contributed by atoms with E-state index in [1.165, 1.54) is 75.5 Å². The molecule has 0 radical (unpaired) electrons. The molecule has 1 N–H and O–H groups in total. The molecule has 7 aromatic carbocycles. The number of hydrogen-bond donors (Lipinski definition) is 1. The first-order valence-electron chi connectivity index (χ1n) is 14.9. The Labute approximate surface area is 253 Å². The highest BCUT2D eigenvalue weighted by Crippen LogP contribution is 2.64. The maximum atomic E-state index is 3.96. The average molecular weight is 564 g/mol. The molecule has 1 spiro atoms. The van der Waals surface area contributed by atoms with Crippen LogP contribution in [0.2, 0.25) is 0 Å². The molecule has 0 amide bonds. The second-order valence-electron chi connectivity index (χ2n) is 11.7. The van der Waals surface area contributed by atoms with Gasteiger partial charge >= 0.3 is 0 Å². The highest BCUT2D eigenvalue weighted by atomic mass is 32.1. The first-order valence-corrected chi connectivity index (χ1v) is 15.7. The van der Waals surface area contributed by atoms with Crippen LogP contribution in [0.1, 0.15) is 22.3 Å². The third kappa shape index (κ3) is 2.91. The van der Waals surface area contributed by atoms with E-state index in [1.807, 2.05) is 11.3 Å². The van der Waals surface area contributed by atoms with E-state index in [2.05, 4.69) is 151 Å². The van der Waals surface area contributed by atoms with Crippen LogP contribution in [0.15, 0.2) is 146 Å². The molecule has 0 bridgehead atoms. The van der Waals surface area contributed by atoms with Gasteiger partial charge in [0.05, 0.1) is 15.8 Å². The van der Waals surface area contributed by atoms with Crippen LogP contribution in [0.5, 0.6) is 0 Å². The maximum Gasteiger partial charge on any atom is 0.0726 e. The Morgan fingerprint density at radius 1 is 0.442 bits per heavy atom. The Kier molecular flexibility index (Phi) is 4.59. The molecular formula is C41H25NS. The Morgan fingerprint density at radius 2 is 1.02 bits per heavy atom. The van der Waals surface area contributed by atoms with Crippen LogP contribution in [0.3, 0.4) is 0 Å². The van der Waals surface area contributed by atoms with Crippen molar-refractivity contribution in [3.8, 4) is 22.3 Å². The molecule has 0 aliphatic heterocycles. The zero-order valence-corrected chi connectivity index (χ0v) is 24.1. The van der Waals surface area contributed by atoms with Crippen LogP contribution in [-0.2, 0) is 5.41 Å². The van der Waals surface area contributed by atoms with Gasteiger partial charge in [-0.2, -0.15) is 0 Å². The van der Waals surface area contributed by atoms with Gasteiger partial charge in [0.25, 0.3) is 0 Å². The van der Waals surface area contributed by atoms with Gasteiger partial charge in [-0.1, -0.05) is 127 Å². The molecule has 0 atom stereocenters. The molecule has 1 heterocycles. The molecule has 1 aromatic heterocycles. The van der Waals surface area contributed by atoms with E-state index >= 15 is 0 Å². The highest BCUT2D eigenvalue weighted by molar-refractivity contribution is 7.26. The summed E-state index contributed by atoms with van der Waals surface area (Å²) in [5.74, 6) is 0. The van der Waals surface area contributed by atoms with Crippen molar-refractivity contribution in [3.63, 3.8) is 0 Å². The Hall–Kier alpha value is -5.18. The van der Waals surface area contributed by atoms with Crippen molar-refractivity contribution in [3.05, 3.63) is 168 Å². The fourth-order valence-corrected chi connectivity index (χ4v) is 9.25. The lowest BCUT2D eigenvalue weighted by Gasteiger charge is -2.30. The number of anilines is 2. The van der Waals surface area contributed by atoms with Crippen molar-refractivity contribution in [2.24, 2.45) is 0 Å². The van der Waals surface area contributed by atoms with E-state index < -0.39 is 0 Å². The van der Waals surface area contributed by atoms with Gasteiger partial charge in [0, 0.05) is 26.7 Å². The summed E-state index contributed by atoms with van der Waals surface area (Å²) in [4.78, 5) is 0. The molecule has 0 unspecified atom stereocenters. The summed E-state index contributed by atoms with van der Waals surface area (Å²) in [6.07, 6.45) is 0. The molecule has 0 fully saturated rings. The van der Waals surface area contributed by atoms with Crippen LogP contribution < -0.4 is 5.32 Å². The van der Waals surface area contributed by atoms with Crippen molar-refractivity contribution >= 4 is 53.7 Å². The van der Waals surface area contributed by atoms with Crippen molar-refractivity contribution in [2.75, 3.05) is 5.32 Å². The van der Waals surface area contributed by atoms with E-state index in [-0.39, 0.29) is 5.41 Å². The molecule has 2 aliphatic carbocycles. The lowest BCUT2D eigenvalue weighted by Crippen LogP contribution is -2.25. The highest BCUT2D eigenvalue weighted by Gasteiger charge is 2.51. The van der Waals surface area contributed by atoms with Crippen molar-refractivity contribution in [2.45, 2.75) is 5.41 Å². The van der Waals surface area contributed by atoms with Gasteiger partial charge in [0.15, 0.2) is 0 Å². The SMILES string of the molecule is c1ccc2c(c1)-c1ccccc1C21c2ccccc2-c2c(Nc3cccc4c3sc3ccc5ccccc5c34)cccc21. The monoisotopic (exact) mass is 563 g/mol. The van der Waals surface area contributed by atoms with Crippen LogP contribution in [0.25, 0.3) is 53.2 Å². The van der Waals surface area contributed by atoms with Gasteiger partial charge in [-0.3, -0.25) is 0 Å². The van der Waals surface area contributed by atoms with Gasteiger partial charge in [-0.15, -0.1) is 11.3 Å². The summed E-state index contributed by atoms with van der Waals surface area (Å²) in [6, 6.07) is 53.8. The standard InChI is InChI=1S/C41H25NS/c1-2-12-26-25(11-1)23-24-37-38(26)30-16-9-22-36(40(30)43-37)42-35-21-10-20-34-39(35)29-15-5-8-19-33(29)41(34)31-17-6-3-13-27(31)28-14-4-7-18-32(28)41/h1-24,42H. The summed E-state index contributed by atoms with van der Waals surface area (Å²) >= 11 is 1.88. The number of rotatable bonds is 2. The summed E-state index contributed by atoms with van der Waals surface area (Å²) < 4.78 is 2.62. The molecular weight excluding hydrogens is 539 g/mol. The van der Waals surface area contributed by atoms with E-state index in [0.717, 1.165) is 11.4 Å². The summed E-state index contributed by atoms with van der Waals surface area (Å²) in [5, 5.41) is 9.23. The normalized spacial score (nSPS) is 13.8. The number of nitrogens with one attached hydrogen (secondary N) is 1. The van der Waals surface area contributed by atoms with Crippen LogP contribution in [0.4, 0.5) is 11.4 Å². The predicted octanol–water partition coefficient (Wildman–Crippen LogP) is 11.3. The molecule has 2 aliphatic rings. The lowest BCUT2D eigenvalue weighted by atomic mass is 9.70. The second-order valence-corrected chi connectivity index (χ2v) is 12.7. The topological polar surface area (TPSA) is 12.0 Å². The molecule has 2 heteroatoms. The van der Waals surface area contributed by atoms with E-state index in [9.17, 15) is 0 Å². The summed E-state index contributed by atoms with van der Waals surface area (Å²) in [5.41, 5.74) is 12.7. The fraction of sp³-hybridized carbons (Fsp3) is 0.0244. The molecule has 1 nitrogen and oxygen atoms in total. The third-order valence-electron chi connectivity index (χ3n) is 9.68. The van der Waals surface area contributed by atoms with Gasteiger partial charge in [0.2, 0.25) is 0 Å². The first kappa shape index (κ1) is 23.4. The lowest BCUT2D eigenvalue weighted by molar-refractivity contribution is 0.794. The van der Waals surface area contributed by atoms with Crippen molar-refractivity contribution < 1.29 is 0 Å². The van der Waals surface area contributed by atoms with Gasteiger partial charge in [-0.05, 0) is 67.9 Å². The number of benzene rings is 7. The molecule has 200 valence electrons. The third-order valence-corrected chi connectivity index (χ3v) is 10.9. The zero-order valence-electron chi connectivity index (χ0n) is 23.3. The minimum atomic E-state index is -0.334. The van der Waals surface area contributed by atoms with E-state index in [0.29, 0.717) is 0 Å². The van der Waals surface area contributed by atoms with E-state index in [1.54, 1.807) is 0 Å². The second kappa shape index (κ2) is 8.44. The Balaban J connectivity index is 1.23. The minimum Gasteiger partial charge on any atom is -0.354 e. The van der Waals surface area contributed by atoms with Crippen LogP contribution >= 0.6 is 11.3 Å². The Bertz CT molecular complexity index is 2400. The van der Waals surface area contributed by atoms with Crippen LogP contribution in [0, 0.1) is 0 Å². The number of thiophene rings is 1. The smallest absolute Gasteiger partial charge is 0.0726 e. The number of hydrogen-bond acceptors (Lipinski definition) is 2. The first-order chi connectivity index (χ1) is 21.3. The minimum absolute atomic E-state index is 0.334. The number of fused-ring (bicyclic) bond motifs is 15. The zero-order chi connectivity index (χ0) is 28.1. The molecule has 8 aromatic rings. The molecule has 43 heavy (non-hydrogen) atoms. The van der Waals surface area contributed by atoms with Gasteiger partial charge in [0.1, 0.15) is 0 Å². The Morgan fingerprint density at radius 3 is 1.81 bits per heavy atom. The average Bonchev–Trinajstić information content (AvgIpc) is 3.70. The summed E-state index contributed by atoms with van der Waals surface area (Å²) in [6.45, 7) is 0. The van der Waals surface area contributed by atoms with Crippen molar-refractivity contribution in [1.29, 1.82) is 0 Å². The quantitative estimate of drug-likeness (QED) is 0.221. The molecule has 0 saturated heterocycles. The van der Waals surface area contributed by atoms with E-state index in [4.69, 9.17) is 0 Å².